The Morgan fingerprint density at radius 3 is 1.83 bits per heavy atom. The number of rotatable bonds is 14. The summed E-state index contributed by atoms with van der Waals surface area (Å²) in [7, 11) is -2.09. The maximum Gasteiger partial charge on any atom is 0.243 e. The van der Waals surface area contributed by atoms with Crippen molar-refractivity contribution < 1.29 is 18.3 Å². The Labute approximate surface area is 245 Å². The van der Waals surface area contributed by atoms with Crippen LogP contribution in [-0.2, 0) is 14.8 Å². The predicted octanol–water partition coefficient (Wildman–Crippen LogP) is 4.21. The molecule has 3 aromatic carbocycles. The number of sulfonamides is 1. The van der Waals surface area contributed by atoms with Crippen molar-refractivity contribution in [3.05, 3.63) is 96.1 Å². The van der Waals surface area contributed by atoms with Gasteiger partial charge in [-0.15, -0.1) is 0 Å². The Kier molecular flexibility index (Phi) is 11.5. The third-order valence-electron chi connectivity index (χ3n) is 7.66. The highest BCUT2D eigenvalue weighted by atomic mass is 32.2. The molecular weight excluding hydrogens is 536 g/mol. The van der Waals surface area contributed by atoms with Gasteiger partial charge in [-0.3, -0.25) is 4.79 Å². The molecule has 9 heteroatoms. The third kappa shape index (κ3) is 7.95. The highest BCUT2D eigenvalue weighted by Gasteiger charge is 2.34. The van der Waals surface area contributed by atoms with E-state index < -0.39 is 22.1 Å². The van der Waals surface area contributed by atoms with Crippen molar-refractivity contribution in [3.8, 4) is 0 Å². The summed E-state index contributed by atoms with van der Waals surface area (Å²) in [5, 5.41) is 10.2. The molecule has 222 valence electrons. The van der Waals surface area contributed by atoms with Gasteiger partial charge in [-0.1, -0.05) is 60.7 Å². The number of likely N-dealkylation sites (N-methyl/N-ethyl adjacent to an activating group) is 1. The second kappa shape index (κ2) is 14.6. The van der Waals surface area contributed by atoms with E-state index in [9.17, 15) is 18.3 Å². The third-order valence-corrected chi connectivity index (χ3v) is 9.81. The van der Waals surface area contributed by atoms with E-state index in [-0.39, 0.29) is 35.4 Å². The average Bonchev–Trinajstić information content (AvgIpc) is 2.96. The minimum atomic E-state index is -3.85. The van der Waals surface area contributed by atoms with Gasteiger partial charge in [0, 0.05) is 36.8 Å². The molecule has 0 bridgehead atoms. The number of hydrogen-bond acceptors (Lipinski definition) is 6. The molecular formula is C32H44N4O4S. The smallest absolute Gasteiger partial charge is 0.243 e. The lowest BCUT2D eigenvalue weighted by Gasteiger charge is -2.34. The summed E-state index contributed by atoms with van der Waals surface area (Å²) < 4.78 is 28.3. The first kappa shape index (κ1) is 32.3. The topological polar surface area (TPSA) is 130 Å². The molecule has 3 atom stereocenters. The Bertz CT molecular complexity index is 1300. The number of nitrogen functional groups attached to an aromatic ring is 1. The van der Waals surface area contributed by atoms with Crippen molar-refractivity contribution in [2.75, 3.05) is 19.4 Å². The van der Waals surface area contributed by atoms with Crippen LogP contribution in [0.4, 0.5) is 5.69 Å². The molecule has 0 aromatic heterocycles. The fourth-order valence-corrected chi connectivity index (χ4v) is 7.16. The zero-order chi connectivity index (χ0) is 30.2. The van der Waals surface area contributed by atoms with Crippen molar-refractivity contribution in [1.29, 1.82) is 0 Å². The van der Waals surface area contributed by atoms with Crippen molar-refractivity contribution in [2.24, 2.45) is 5.73 Å². The zero-order valence-electron chi connectivity index (χ0n) is 24.4. The Morgan fingerprint density at radius 2 is 1.37 bits per heavy atom. The van der Waals surface area contributed by atoms with Gasteiger partial charge < -0.3 is 21.5 Å². The van der Waals surface area contributed by atoms with Gasteiger partial charge >= 0.3 is 0 Å². The van der Waals surface area contributed by atoms with Crippen LogP contribution in [0.25, 0.3) is 0 Å². The van der Waals surface area contributed by atoms with E-state index in [0.717, 1.165) is 11.1 Å². The van der Waals surface area contributed by atoms with Gasteiger partial charge in [0.25, 0.3) is 0 Å². The molecule has 3 rings (SSSR count). The molecule has 0 radical (unpaired) electrons. The van der Waals surface area contributed by atoms with Gasteiger partial charge in [0.05, 0.1) is 17.5 Å². The summed E-state index contributed by atoms with van der Waals surface area (Å²) in [6, 6.07) is 23.8. The van der Waals surface area contributed by atoms with E-state index in [1.54, 1.807) is 37.9 Å². The molecule has 0 unspecified atom stereocenters. The maximum absolute atomic E-state index is 13.6. The van der Waals surface area contributed by atoms with Crippen LogP contribution in [0.15, 0.2) is 89.8 Å². The van der Waals surface area contributed by atoms with Gasteiger partial charge in [0.1, 0.15) is 0 Å². The number of aliphatic hydroxyl groups excluding tert-OH is 1. The Morgan fingerprint density at radius 1 is 0.854 bits per heavy atom. The number of anilines is 1. The van der Waals surface area contributed by atoms with Crippen molar-refractivity contribution in [3.63, 3.8) is 0 Å². The number of nitrogens with two attached hydrogens (primary N) is 2. The maximum atomic E-state index is 13.6. The van der Waals surface area contributed by atoms with Crippen LogP contribution in [0, 0.1) is 0 Å². The lowest BCUT2D eigenvalue weighted by atomic mass is 9.84. The lowest BCUT2D eigenvalue weighted by molar-refractivity contribution is -0.133. The molecule has 0 heterocycles. The Hall–Kier alpha value is -3.24. The molecule has 5 N–H and O–H groups in total. The minimum absolute atomic E-state index is 0.137. The number of benzene rings is 3. The zero-order valence-corrected chi connectivity index (χ0v) is 25.2. The number of aliphatic hydroxyl groups is 1. The van der Waals surface area contributed by atoms with E-state index in [0.29, 0.717) is 24.9 Å². The van der Waals surface area contributed by atoms with Gasteiger partial charge in [-0.05, 0) is 75.4 Å². The molecule has 0 aliphatic carbocycles. The highest BCUT2D eigenvalue weighted by Crippen LogP contribution is 2.29. The standard InChI is InChI=1S/C32H44N4O4S/c1-23(2)36(41(39,40)29-20-18-27(33)19-21-29)28(22-37)17-11-12-24(3)35(4)32(38)31(34)30(25-13-7-5-8-14-25)26-15-9-6-10-16-26/h5-10,13-16,18-21,23-24,28,30-31,37H,11-12,17,22,33-34H2,1-4H3/t24-,28-,31-/m0/s1. The fraction of sp³-hybridized carbons (Fsp3) is 0.406. The first-order valence-corrected chi connectivity index (χ1v) is 15.5. The van der Waals surface area contributed by atoms with Gasteiger partial charge in [-0.25, -0.2) is 8.42 Å². The van der Waals surface area contributed by atoms with Gasteiger partial charge in [0.15, 0.2) is 0 Å². The van der Waals surface area contributed by atoms with Crippen LogP contribution in [0.2, 0.25) is 0 Å². The number of hydrogen-bond donors (Lipinski definition) is 3. The van der Waals surface area contributed by atoms with Crippen molar-refractivity contribution >= 4 is 21.6 Å². The molecule has 41 heavy (non-hydrogen) atoms. The number of amides is 1. The van der Waals surface area contributed by atoms with E-state index >= 15 is 0 Å². The molecule has 0 fully saturated rings. The molecule has 0 spiro atoms. The highest BCUT2D eigenvalue weighted by molar-refractivity contribution is 7.89. The quantitative estimate of drug-likeness (QED) is 0.245. The molecule has 0 saturated carbocycles. The van der Waals surface area contributed by atoms with E-state index in [1.807, 2.05) is 67.6 Å². The van der Waals surface area contributed by atoms with Crippen LogP contribution < -0.4 is 11.5 Å². The van der Waals surface area contributed by atoms with E-state index in [1.165, 1.54) is 16.4 Å². The van der Waals surface area contributed by atoms with Crippen LogP contribution in [0.1, 0.15) is 57.1 Å². The Balaban J connectivity index is 1.69. The van der Waals surface area contributed by atoms with Crippen LogP contribution >= 0.6 is 0 Å². The van der Waals surface area contributed by atoms with Crippen LogP contribution in [0.5, 0.6) is 0 Å². The van der Waals surface area contributed by atoms with Gasteiger partial charge in [0.2, 0.25) is 15.9 Å². The monoisotopic (exact) mass is 580 g/mol. The van der Waals surface area contributed by atoms with E-state index in [4.69, 9.17) is 11.5 Å². The second-order valence-corrected chi connectivity index (χ2v) is 12.7. The summed E-state index contributed by atoms with van der Waals surface area (Å²) in [6.45, 7) is 5.24. The van der Waals surface area contributed by atoms with Crippen molar-refractivity contribution in [2.45, 2.75) is 75.0 Å². The molecule has 0 aliphatic heterocycles. The molecule has 8 nitrogen and oxygen atoms in total. The minimum Gasteiger partial charge on any atom is -0.399 e. The summed E-state index contributed by atoms with van der Waals surface area (Å²) >= 11 is 0. The molecule has 0 saturated heterocycles. The first-order chi connectivity index (χ1) is 19.5. The number of nitrogens with zero attached hydrogens (tertiary/aromatic N) is 2. The summed E-state index contributed by atoms with van der Waals surface area (Å²) in [5.74, 6) is -0.458. The van der Waals surface area contributed by atoms with Crippen LogP contribution in [0.3, 0.4) is 0 Å². The molecule has 1 amide bonds. The molecule has 3 aromatic rings. The summed E-state index contributed by atoms with van der Waals surface area (Å²) in [4.78, 5) is 15.4. The van der Waals surface area contributed by atoms with Gasteiger partial charge in [-0.2, -0.15) is 4.31 Å². The lowest BCUT2D eigenvalue weighted by Crippen LogP contribution is -2.49. The largest absolute Gasteiger partial charge is 0.399 e. The number of carbonyl (C=O) groups is 1. The second-order valence-electron chi connectivity index (χ2n) is 10.9. The predicted molar refractivity (Wildman–Crippen MR) is 165 cm³/mol. The summed E-state index contributed by atoms with van der Waals surface area (Å²) in [5.41, 5.74) is 14.8. The van der Waals surface area contributed by atoms with Crippen molar-refractivity contribution in [1.82, 2.24) is 9.21 Å². The normalized spacial score (nSPS) is 14.3. The SMILES string of the molecule is CC(C)N([C@H](CO)CCC[C@H](C)N(C)C(=O)[C@@H](N)C(c1ccccc1)c1ccccc1)S(=O)(=O)c1ccc(N)cc1. The first-order valence-electron chi connectivity index (χ1n) is 14.1. The fourth-order valence-electron chi connectivity index (χ4n) is 5.32. The number of carbonyl (C=O) groups excluding carboxylic acids is 1. The summed E-state index contributed by atoms with van der Waals surface area (Å²) in [6.07, 6.45) is 1.68. The van der Waals surface area contributed by atoms with E-state index in [2.05, 4.69) is 0 Å². The molecule has 0 aliphatic rings. The van der Waals surface area contributed by atoms with Crippen LogP contribution in [-0.4, -0.2) is 66.5 Å². The average molecular weight is 581 g/mol.